The van der Waals surface area contributed by atoms with Crippen LogP contribution in [0.5, 0.6) is 0 Å². The summed E-state index contributed by atoms with van der Waals surface area (Å²) in [6, 6.07) is 0. The van der Waals surface area contributed by atoms with Crippen molar-refractivity contribution in [2.24, 2.45) is 10.8 Å². The zero-order valence-corrected chi connectivity index (χ0v) is 9.26. The monoisotopic (exact) mass is 191 g/mol. The van der Waals surface area contributed by atoms with Gasteiger partial charge in [-0.2, -0.15) is 0 Å². The Bertz CT molecular complexity index is 244. The second kappa shape index (κ2) is 2.85. The molecule has 0 spiro atoms. The Morgan fingerprint density at radius 1 is 0.929 bits per heavy atom. The van der Waals surface area contributed by atoms with Crippen LogP contribution in [0.2, 0.25) is 0 Å². The average Bonchev–Trinajstić information content (AvgIpc) is 2.48. The summed E-state index contributed by atoms with van der Waals surface area (Å²) in [5.41, 5.74) is 1.35. The van der Waals surface area contributed by atoms with E-state index >= 15 is 0 Å². The summed E-state index contributed by atoms with van der Waals surface area (Å²) in [5.74, 6) is 0. The van der Waals surface area contributed by atoms with Gasteiger partial charge in [0.25, 0.3) is 0 Å². The van der Waals surface area contributed by atoms with E-state index in [4.69, 9.17) is 0 Å². The van der Waals surface area contributed by atoms with E-state index in [1.54, 1.807) is 0 Å². The molecule has 2 atom stereocenters. The van der Waals surface area contributed by atoms with E-state index in [9.17, 15) is 0 Å². The summed E-state index contributed by atoms with van der Waals surface area (Å²) >= 11 is 0. The summed E-state index contributed by atoms with van der Waals surface area (Å²) in [6.07, 6.45) is 13.5. The SMILES string of the molecule is CN1C[C@@]23CC=CC[C@]2(CCCC3)C1. The molecule has 1 nitrogen and oxygen atoms in total. The molecular formula is C13H21N. The summed E-state index contributed by atoms with van der Waals surface area (Å²) < 4.78 is 0. The molecule has 1 aliphatic heterocycles. The van der Waals surface area contributed by atoms with Crippen LogP contribution in [0, 0.1) is 10.8 Å². The largest absolute Gasteiger partial charge is 0.305 e. The number of hydrogen-bond acceptors (Lipinski definition) is 1. The van der Waals surface area contributed by atoms with Gasteiger partial charge in [-0.1, -0.05) is 25.0 Å². The highest BCUT2D eigenvalue weighted by atomic mass is 15.2. The van der Waals surface area contributed by atoms with Crippen molar-refractivity contribution < 1.29 is 0 Å². The van der Waals surface area contributed by atoms with Crippen molar-refractivity contribution in [3.63, 3.8) is 0 Å². The summed E-state index contributed by atoms with van der Waals surface area (Å²) in [5, 5.41) is 0. The third kappa shape index (κ3) is 0.995. The molecule has 1 saturated carbocycles. The second-order valence-corrected chi connectivity index (χ2v) is 5.82. The van der Waals surface area contributed by atoms with Gasteiger partial charge in [0.2, 0.25) is 0 Å². The van der Waals surface area contributed by atoms with Gasteiger partial charge >= 0.3 is 0 Å². The van der Waals surface area contributed by atoms with E-state index in [0.29, 0.717) is 10.8 Å². The first-order valence-corrected chi connectivity index (χ1v) is 6.10. The molecule has 14 heavy (non-hydrogen) atoms. The Hall–Kier alpha value is -0.300. The van der Waals surface area contributed by atoms with Gasteiger partial charge in [-0.3, -0.25) is 0 Å². The number of nitrogens with zero attached hydrogens (tertiary/aromatic N) is 1. The van der Waals surface area contributed by atoms with Crippen LogP contribution in [-0.2, 0) is 0 Å². The first-order chi connectivity index (χ1) is 6.77. The van der Waals surface area contributed by atoms with Crippen LogP contribution < -0.4 is 0 Å². The molecule has 0 amide bonds. The van der Waals surface area contributed by atoms with Crippen LogP contribution in [0.25, 0.3) is 0 Å². The van der Waals surface area contributed by atoms with Crippen molar-refractivity contribution >= 4 is 0 Å². The molecule has 3 rings (SSSR count). The lowest BCUT2D eigenvalue weighted by atomic mass is 9.53. The molecule has 2 aliphatic carbocycles. The molecule has 78 valence electrons. The molecule has 0 radical (unpaired) electrons. The fraction of sp³-hybridized carbons (Fsp3) is 0.846. The maximum absolute atomic E-state index is 2.58. The Morgan fingerprint density at radius 2 is 1.43 bits per heavy atom. The lowest BCUT2D eigenvalue weighted by Crippen LogP contribution is -2.44. The van der Waals surface area contributed by atoms with Gasteiger partial charge in [-0.25, -0.2) is 0 Å². The van der Waals surface area contributed by atoms with Crippen molar-refractivity contribution in [3.8, 4) is 0 Å². The van der Waals surface area contributed by atoms with E-state index in [2.05, 4.69) is 24.1 Å². The highest BCUT2D eigenvalue weighted by Gasteiger charge is 2.56. The van der Waals surface area contributed by atoms with Gasteiger partial charge in [0.05, 0.1) is 0 Å². The number of rotatable bonds is 0. The lowest BCUT2D eigenvalue weighted by Gasteiger charge is -2.50. The van der Waals surface area contributed by atoms with E-state index < -0.39 is 0 Å². The highest BCUT2D eigenvalue weighted by Crippen LogP contribution is 2.60. The van der Waals surface area contributed by atoms with Gasteiger partial charge in [0.15, 0.2) is 0 Å². The molecule has 0 aromatic carbocycles. The van der Waals surface area contributed by atoms with E-state index in [0.717, 1.165) is 0 Å². The van der Waals surface area contributed by atoms with Gasteiger partial charge in [0.1, 0.15) is 0 Å². The topological polar surface area (TPSA) is 3.24 Å². The minimum atomic E-state index is 0.675. The van der Waals surface area contributed by atoms with E-state index in [1.807, 2.05) is 0 Å². The van der Waals surface area contributed by atoms with Crippen LogP contribution in [0.1, 0.15) is 38.5 Å². The van der Waals surface area contributed by atoms with E-state index in [-0.39, 0.29) is 0 Å². The molecule has 1 heteroatoms. The van der Waals surface area contributed by atoms with Crippen LogP contribution in [0.15, 0.2) is 12.2 Å². The van der Waals surface area contributed by atoms with Gasteiger partial charge in [0, 0.05) is 13.1 Å². The predicted molar refractivity (Wildman–Crippen MR) is 59.2 cm³/mol. The van der Waals surface area contributed by atoms with E-state index in [1.165, 1.54) is 51.6 Å². The number of allylic oxidation sites excluding steroid dienone is 2. The minimum Gasteiger partial charge on any atom is -0.305 e. The quantitative estimate of drug-likeness (QED) is 0.532. The lowest BCUT2D eigenvalue weighted by molar-refractivity contribution is 0.0342. The predicted octanol–water partition coefficient (Wildman–Crippen LogP) is 2.83. The smallest absolute Gasteiger partial charge is 0.00441 e. The zero-order chi connectivity index (χ0) is 9.65. The zero-order valence-electron chi connectivity index (χ0n) is 9.26. The Labute approximate surface area is 87.2 Å². The fourth-order valence-electron chi connectivity index (χ4n) is 4.42. The third-order valence-corrected chi connectivity index (χ3v) is 5.01. The molecule has 0 aromatic rings. The highest BCUT2D eigenvalue weighted by molar-refractivity contribution is 5.16. The molecule has 0 bridgehead atoms. The number of likely N-dealkylation sites (tertiary alicyclic amines) is 1. The van der Waals surface area contributed by atoms with Crippen molar-refractivity contribution in [3.05, 3.63) is 12.2 Å². The second-order valence-electron chi connectivity index (χ2n) is 5.82. The summed E-state index contributed by atoms with van der Waals surface area (Å²) in [6.45, 7) is 2.72. The maximum Gasteiger partial charge on any atom is 0.00441 e. The standard InChI is InChI=1S/C13H21N/c1-14-10-12-6-2-3-7-13(12,11-14)9-5-4-8-12/h2-3H,4-11H2,1H3/t12-,13-/m0/s1. The molecule has 0 unspecified atom stereocenters. The first kappa shape index (κ1) is 8.96. The first-order valence-electron chi connectivity index (χ1n) is 6.10. The fourth-order valence-corrected chi connectivity index (χ4v) is 4.42. The van der Waals surface area contributed by atoms with Crippen molar-refractivity contribution in [1.29, 1.82) is 0 Å². The summed E-state index contributed by atoms with van der Waals surface area (Å²) in [4.78, 5) is 2.58. The summed E-state index contributed by atoms with van der Waals surface area (Å²) in [7, 11) is 2.31. The van der Waals surface area contributed by atoms with Crippen LogP contribution in [0.3, 0.4) is 0 Å². The number of hydrogen-bond donors (Lipinski definition) is 0. The molecule has 1 saturated heterocycles. The van der Waals surface area contributed by atoms with Crippen molar-refractivity contribution in [2.45, 2.75) is 38.5 Å². The van der Waals surface area contributed by atoms with Crippen LogP contribution in [0.4, 0.5) is 0 Å². The molecule has 0 N–H and O–H groups in total. The Kier molecular flexibility index (Phi) is 1.82. The van der Waals surface area contributed by atoms with Crippen molar-refractivity contribution in [2.75, 3.05) is 20.1 Å². The van der Waals surface area contributed by atoms with Crippen molar-refractivity contribution in [1.82, 2.24) is 4.90 Å². The van der Waals surface area contributed by atoms with Crippen LogP contribution >= 0.6 is 0 Å². The van der Waals surface area contributed by atoms with Crippen LogP contribution in [-0.4, -0.2) is 25.0 Å². The Balaban J connectivity index is 2.01. The molecule has 3 aliphatic rings. The Morgan fingerprint density at radius 3 is 1.93 bits per heavy atom. The molecule has 2 fully saturated rings. The molecule has 0 aromatic heterocycles. The average molecular weight is 191 g/mol. The van der Waals surface area contributed by atoms with Gasteiger partial charge < -0.3 is 4.90 Å². The molecule has 1 heterocycles. The maximum atomic E-state index is 2.58. The van der Waals surface area contributed by atoms with Gasteiger partial charge in [-0.15, -0.1) is 0 Å². The minimum absolute atomic E-state index is 0.675. The molecular weight excluding hydrogens is 170 g/mol. The normalized spacial score (nSPS) is 47.5. The van der Waals surface area contributed by atoms with Gasteiger partial charge in [-0.05, 0) is 43.6 Å². The third-order valence-electron chi connectivity index (χ3n) is 5.01.